The summed E-state index contributed by atoms with van der Waals surface area (Å²) in [6.07, 6.45) is 5.55. The summed E-state index contributed by atoms with van der Waals surface area (Å²) in [6, 6.07) is 11.2. The fourth-order valence-corrected chi connectivity index (χ4v) is 4.09. The topological polar surface area (TPSA) is 94.6 Å². The van der Waals surface area contributed by atoms with Gasteiger partial charge in [-0.05, 0) is 55.0 Å². The maximum atomic E-state index is 13.3. The van der Waals surface area contributed by atoms with E-state index in [0.717, 1.165) is 46.9 Å². The Bertz CT molecular complexity index is 1160. The molecule has 0 saturated carbocycles. The van der Waals surface area contributed by atoms with E-state index in [4.69, 9.17) is 9.84 Å². The van der Waals surface area contributed by atoms with Crippen molar-refractivity contribution < 1.29 is 19.7 Å². The van der Waals surface area contributed by atoms with Gasteiger partial charge in [-0.1, -0.05) is 30.0 Å². The molecule has 0 fully saturated rings. The molecule has 1 aromatic heterocycles. The van der Waals surface area contributed by atoms with E-state index in [9.17, 15) is 9.90 Å². The second kappa shape index (κ2) is 10.4. The molecule has 0 bridgehead atoms. The number of hydrogen-bond donors (Lipinski definition) is 4. The normalized spacial score (nSPS) is 13.9. The van der Waals surface area contributed by atoms with Crippen molar-refractivity contribution in [2.45, 2.75) is 38.1 Å². The number of H-pyrrole nitrogens is 1. The number of aliphatic hydroxyl groups excluding tert-OH is 2. The van der Waals surface area contributed by atoms with Crippen LogP contribution in [-0.4, -0.2) is 47.0 Å². The molecular formula is C26H28N2O4. The van der Waals surface area contributed by atoms with E-state index < -0.39 is 6.04 Å². The van der Waals surface area contributed by atoms with Gasteiger partial charge >= 0.3 is 0 Å². The Morgan fingerprint density at radius 1 is 1.22 bits per heavy atom. The molecule has 0 saturated heterocycles. The van der Waals surface area contributed by atoms with Crippen LogP contribution in [0.15, 0.2) is 42.6 Å². The fourth-order valence-electron chi connectivity index (χ4n) is 4.09. The largest absolute Gasteiger partial charge is 0.492 e. The molecule has 3 aromatic rings. The second-order valence-electron chi connectivity index (χ2n) is 8.01. The Hall–Kier alpha value is -3.27. The number of ether oxygens (including phenoxy) is 1. The molecule has 32 heavy (non-hydrogen) atoms. The maximum Gasteiger partial charge on any atom is 0.255 e. The third-order valence-electron chi connectivity index (χ3n) is 5.66. The highest BCUT2D eigenvalue weighted by molar-refractivity contribution is 5.98. The van der Waals surface area contributed by atoms with Crippen LogP contribution in [0.25, 0.3) is 10.9 Å². The lowest BCUT2D eigenvalue weighted by Gasteiger charge is -2.19. The number of para-hydroxylation sites is 1. The van der Waals surface area contributed by atoms with Crippen molar-refractivity contribution in [3.8, 4) is 17.6 Å². The summed E-state index contributed by atoms with van der Waals surface area (Å²) in [5, 5.41) is 23.0. The first-order valence-corrected chi connectivity index (χ1v) is 11.1. The summed E-state index contributed by atoms with van der Waals surface area (Å²) in [5.74, 6) is 6.28. The molecule has 1 aliphatic rings. The molecule has 0 unspecified atom stereocenters. The van der Waals surface area contributed by atoms with Crippen molar-refractivity contribution in [1.82, 2.24) is 10.3 Å². The van der Waals surface area contributed by atoms with Gasteiger partial charge in [0.05, 0.1) is 31.4 Å². The predicted octanol–water partition coefficient (Wildman–Crippen LogP) is 2.95. The Kier molecular flexibility index (Phi) is 7.10. The van der Waals surface area contributed by atoms with Crippen molar-refractivity contribution in [3.63, 3.8) is 0 Å². The summed E-state index contributed by atoms with van der Waals surface area (Å²) in [6.45, 7) is 0.395. The van der Waals surface area contributed by atoms with Gasteiger partial charge in [-0.15, -0.1) is 0 Å². The van der Waals surface area contributed by atoms with Gasteiger partial charge in [-0.2, -0.15) is 0 Å². The number of hydrogen-bond acceptors (Lipinski definition) is 4. The predicted molar refractivity (Wildman–Crippen MR) is 124 cm³/mol. The minimum atomic E-state index is -0.438. The Balaban J connectivity index is 1.59. The molecule has 2 heterocycles. The summed E-state index contributed by atoms with van der Waals surface area (Å²) >= 11 is 0. The zero-order valence-electron chi connectivity index (χ0n) is 18.0. The number of carbonyl (C=O) groups is 1. The number of aromatic amines is 1. The van der Waals surface area contributed by atoms with Crippen LogP contribution in [0.2, 0.25) is 0 Å². The van der Waals surface area contributed by atoms with Crippen LogP contribution in [0.4, 0.5) is 0 Å². The van der Waals surface area contributed by atoms with Crippen molar-refractivity contribution in [2.24, 2.45) is 0 Å². The van der Waals surface area contributed by atoms with Crippen molar-refractivity contribution in [3.05, 3.63) is 64.8 Å². The van der Waals surface area contributed by atoms with E-state index >= 15 is 0 Å². The smallest absolute Gasteiger partial charge is 0.255 e. The molecular weight excluding hydrogens is 404 g/mol. The molecule has 6 nitrogen and oxygen atoms in total. The summed E-state index contributed by atoms with van der Waals surface area (Å²) in [7, 11) is 0. The number of aromatic nitrogens is 1. The van der Waals surface area contributed by atoms with E-state index in [0.29, 0.717) is 30.8 Å². The minimum absolute atomic E-state index is 0.000409. The molecule has 1 atom stereocenters. The zero-order chi connectivity index (χ0) is 22.3. The Labute approximate surface area is 187 Å². The highest BCUT2D eigenvalue weighted by Crippen LogP contribution is 2.30. The van der Waals surface area contributed by atoms with Crippen LogP contribution >= 0.6 is 0 Å². The molecule has 6 heteroatoms. The van der Waals surface area contributed by atoms with Crippen LogP contribution in [-0.2, 0) is 12.8 Å². The van der Waals surface area contributed by atoms with Crippen LogP contribution in [0.1, 0.15) is 46.3 Å². The SMILES string of the molecule is O=C(N[C@@H](CO)Cc1c[nH]c2ccccc12)c1cc(C#CCCO)cc2c1OCCCC2. The first kappa shape index (κ1) is 21.9. The average Bonchev–Trinajstić information content (AvgIpc) is 3.06. The van der Waals surface area contributed by atoms with Crippen LogP contribution in [0.3, 0.4) is 0 Å². The number of benzene rings is 2. The van der Waals surface area contributed by atoms with E-state index in [1.807, 2.05) is 36.5 Å². The number of fused-ring (bicyclic) bond motifs is 2. The van der Waals surface area contributed by atoms with Gasteiger partial charge in [0.1, 0.15) is 5.75 Å². The lowest BCUT2D eigenvalue weighted by Crippen LogP contribution is -2.39. The molecule has 0 spiro atoms. The Morgan fingerprint density at radius 2 is 2.09 bits per heavy atom. The van der Waals surface area contributed by atoms with E-state index in [-0.39, 0.29) is 19.1 Å². The molecule has 0 aliphatic carbocycles. The standard InChI is InChI=1S/C26H28N2O4/c29-11-5-3-7-18-13-19-8-4-6-12-32-25(19)23(14-18)26(31)28-21(17-30)15-20-16-27-24-10-2-1-9-22(20)24/h1-2,9-10,13-14,16,21,27,29-30H,4-6,8,11-12,15,17H2,(H,28,31)/t21-/m1/s1. The molecule has 2 aromatic carbocycles. The quantitative estimate of drug-likeness (QED) is 0.451. The Morgan fingerprint density at radius 3 is 2.94 bits per heavy atom. The maximum absolute atomic E-state index is 13.3. The van der Waals surface area contributed by atoms with Gasteiger partial charge in [0.25, 0.3) is 5.91 Å². The summed E-state index contributed by atoms with van der Waals surface area (Å²) < 4.78 is 5.94. The molecule has 4 N–H and O–H groups in total. The highest BCUT2D eigenvalue weighted by Gasteiger charge is 2.22. The highest BCUT2D eigenvalue weighted by atomic mass is 16.5. The molecule has 4 rings (SSSR count). The van der Waals surface area contributed by atoms with Crippen LogP contribution in [0.5, 0.6) is 5.75 Å². The summed E-state index contributed by atoms with van der Waals surface area (Å²) in [4.78, 5) is 16.5. The first-order valence-electron chi connectivity index (χ1n) is 11.1. The monoisotopic (exact) mass is 432 g/mol. The van der Waals surface area contributed by atoms with Gasteiger partial charge < -0.3 is 25.3 Å². The minimum Gasteiger partial charge on any atom is -0.492 e. The van der Waals surface area contributed by atoms with Gasteiger partial charge in [-0.25, -0.2) is 0 Å². The van der Waals surface area contributed by atoms with Crippen molar-refractivity contribution in [2.75, 3.05) is 19.8 Å². The van der Waals surface area contributed by atoms with Crippen molar-refractivity contribution in [1.29, 1.82) is 0 Å². The summed E-state index contributed by atoms with van der Waals surface area (Å²) in [5.41, 5.74) is 4.21. The van der Waals surface area contributed by atoms with Gasteiger partial charge in [0.2, 0.25) is 0 Å². The van der Waals surface area contributed by atoms with Gasteiger partial charge in [0.15, 0.2) is 0 Å². The van der Waals surface area contributed by atoms with E-state index in [1.165, 1.54) is 0 Å². The van der Waals surface area contributed by atoms with Gasteiger partial charge in [0, 0.05) is 29.1 Å². The van der Waals surface area contributed by atoms with Crippen LogP contribution < -0.4 is 10.1 Å². The number of amides is 1. The van der Waals surface area contributed by atoms with Crippen LogP contribution in [0, 0.1) is 11.8 Å². The molecule has 166 valence electrons. The number of nitrogens with one attached hydrogen (secondary N) is 2. The zero-order valence-corrected chi connectivity index (χ0v) is 18.0. The van der Waals surface area contributed by atoms with E-state index in [2.05, 4.69) is 22.1 Å². The molecule has 1 amide bonds. The number of aryl methyl sites for hydroxylation is 1. The third-order valence-corrected chi connectivity index (χ3v) is 5.66. The number of aliphatic hydroxyl groups is 2. The van der Waals surface area contributed by atoms with Crippen molar-refractivity contribution >= 4 is 16.8 Å². The van der Waals surface area contributed by atoms with E-state index in [1.54, 1.807) is 6.07 Å². The molecule has 0 radical (unpaired) electrons. The lowest BCUT2D eigenvalue weighted by molar-refractivity contribution is 0.0912. The van der Waals surface area contributed by atoms with Gasteiger partial charge in [-0.3, -0.25) is 4.79 Å². The third kappa shape index (κ3) is 4.96. The lowest BCUT2D eigenvalue weighted by atomic mass is 9.99. The average molecular weight is 433 g/mol. The number of carbonyl (C=O) groups excluding carboxylic acids is 1. The second-order valence-corrected chi connectivity index (χ2v) is 8.01. The number of rotatable bonds is 6. The molecule has 1 aliphatic heterocycles. The fraction of sp³-hybridized carbons (Fsp3) is 0.346. The first-order chi connectivity index (χ1) is 15.7.